The van der Waals surface area contributed by atoms with Crippen LogP contribution in [0.3, 0.4) is 0 Å². The minimum absolute atomic E-state index is 0.0335. The zero-order valence-corrected chi connectivity index (χ0v) is 15.3. The maximum atomic E-state index is 8.50. The SMILES string of the molecule is Cc1cccc(C)c1OC(C)C1CN(C(=N)c2ccccc2)CCN1. The van der Waals surface area contributed by atoms with E-state index in [0.29, 0.717) is 5.84 Å². The molecular weight excluding hydrogens is 310 g/mol. The molecule has 2 aromatic carbocycles. The quantitative estimate of drug-likeness (QED) is 0.664. The van der Waals surface area contributed by atoms with Crippen LogP contribution in [0.2, 0.25) is 0 Å². The summed E-state index contributed by atoms with van der Waals surface area (Å²) in [4.78, 5) is 2.14. The molecule has 2 unspecified atom stereocenters. The van der Waals surface area contributed by atoms with Gasteiger partial charge in [-0.15, -0.1) is 0 Å². The van der Waals surface area contributed by atoms with Crippen molar-refractivity contribution >= 4 is 5.84 Å². The van der Waals surface area contributed by atoms with Crippen molar-refractivity contribution in [1.29, 1.82) is 5.41 Å². The lowest BCUT2D eigenvalue weighted by Crippen LogP contribution is -2.57. The molecule has 0 bridgehead atoms. The molecule has 2 atom stereocenters. The minimum Gasteiger partial charge on any atom is -0.488 e. The van der Waals surface area contributed by atoms with E-state index < -0.39 is 0 Å². The Labute approximate surface area is 150 Å². The van der Waals surface area contributed by atoms with Crippen LogP contribution in [-0.4, -0.2) is 42.5 Å². The molecule has 1 heterocycles. The molecule has 0 aliphatic carbocycles. The molecule has 1 aliphatic rings. The Morgan fingerprint density at radius 2 is 1.80 bits per heavy atom. The molecule has 2 aromatic rings. The van der Waals surface area contributed by atoms with Crippen molar-refractivity contribution in [2.24, 2.45) is 0 Å². The maximum absolute atomic E-state index is 8.50. The predicted octanol–water partition coefficient (Wildman–Crippen LogP) is 3.37. The fourth-order valence-corrected chi connectivity index (χ4v) is 3.33. The molecule has 1 aliphatic heterocycles. The van der Waals surface area contributed by atoms with E-state index in [1.807, 2.05) is 30.3 Å². The van der Waals surface area contributed by atoms with Crippen LogP contribution in [-0.2, 0) is 0 Å². The molecule has 4 heteroatoms. The molecule has 0 saturated carbocycles. The van der Waals surface area contributed by atoms with Gasteiger partial charge in [-0.2, -0.15) is 0 Å². The summed E-state index contributed by atoms with van der Waals surface area (Å²) in [6, 6.07) is 16.4. The number of amidine groups is 1. The molecule has 0 spiro atoms. The molecule has 3 rings (SSSR count). The number of hydrogen-bond donors (Lipinski definition) is 2. The van der Waals surface area contributed by atoms with Crippen LogP contribution >= 0.6 is 0 Å². The van der Waals surface area contributed by atoms with Gasteiger partial charge in [0.15, 0.2) is 0 Å². The molecule has 0 aromatic heterocycles. The normalized spacial score (nSPS) is 18.7. The van der Waals surface area contributed by atoms with Crippen molar-refractivity contribution in [1.82, 2.24) is 10.2 Å². The minimum atomic E-state index is 0.0335. The summed E-state index contributed by atoms with van der Waals surface area (Å²) < 4.78 is 6.29. The molecule has 1 saturated heterocycles. The lowest BCUT2D eigenvalue weighted by Gasteiger charge is -2.38. The van der Waals surface area contributed by atoms with Gasteiger partial charge in [0.1, 0.15) is 17.7 Å². The van der Waals surface area contributed by atoms with Crippen LogP contribution in [0.25, 0.3) is 0 Å². The van der Waals surface area contributed by atoms with E-state index in [4.69, 9.17) is 10.1 Å². The van der Waals surface area contributed by atoms with Crippen LogP contribution in [0, 0.1) is 19.3 Å². The van der Waals surface area contributed by atoms with Crippen molar-refractivity contribution < 1.29 is 4.74 Å². The zero-order valence-electron chi connectivity index (χ0n) is 15.3. The van der Waals surface area contributed by atoms with E-state index in [0.717, 1.165) is 42.1 Å². The summed E-state index contributed by atoms with van der Waals surface area (Å²) >= 11 is 0. The lowest BCUT2D eigenvalue weighted by molar-refractivity contribution is 0.133. The van der Waals surface area contributed by atoms with Crippen LogP contribution in [0.15, 0.2) is 48.5 Å². The summed E-state index contributed by atoms with van der Waals surface area (Å²) in [5.41, 5.74) is 3.29. The monoisotopic (exact) mass is 337 g/mol. The first kappa shape index (κ1) is 17.5. The van der Waals surface area contributed by atoms with Crippen molar-refractivity contribution in [3.63, 3.8) is 0 Å². The third-order valence-electron chi connectivity index (χ3n) is 4.85. The largest absolute Gasteiger partial charge is 0.488 e. The van der Waals surface area contributed by atoms with Gasteiger partial charge in [-0.05, 0) is 31.9 Å². The maximum Gasteiger partial charge on any atom is 0.128 e. The van der Waals surface area contributed by atoms with E-state index in [1.54, 1.807) is 0 Å². The highest BCUT2D eigenvalue weighted by atomic mass is 16.5. The molecule has 2 N–H and O–H groups in total. The van der Waals surface area contributed by atoms with Crippen molar-refractivity contribution in [3.8, 4) is 5.75 Å². The van der Waals surface area contributed by atoms with E-state index in [2.05, 4.69) is 49.2 Å². The summed E-state index contributed by atoms with van der Waals surface area (Å²) in [6.07, 6.45) is 0.0335. The van der Waals surface area contributed by atoms with E-state index >= 15 is 0 Å². The molecule has 132 valence electrons. The second-order valence-corrected chi connectivity index (χ2v) is 6.77. The van der Waals surface area contributed by atoms with Crippen LogP contribution in [0.1, 0.15) is 23.6 Å². The fourth-order valence-electron chi connectivity index (χ4n) is 3.33. The standard InChI is InChI=1S/C21H27N3O/c1-15-8-7-9-16(2)20(15)25-17(3)19-14-24(13-12-23-19)21(22)18-10-5-4-6-11-18/h4-11,17,19,22-23H,12-14H2,1-3H3. The van der Waals surface area contributed by atoms with Gasteiger partial charge in [-0.3, -0.25) is 5.41 Å². The molecule has 0 radical (unpaired) electrons. The predicted molar refractivity (Wildman–Crippen MR) is 103 cm³/mol. The van der Waals surface area contributed by atoms with Gasteiger partial charge < -0.3 is 15.0 Å². The number of aryl methyl sites for hydroxylation is 2. The molecule has 1 fully saturated rings. The Morgan fingerprint density at radius 3 is 2.48 bits per heavy atom. The third-order valence-corrected chi connectivity index (χ3v) is 4.85. The van der Waals surface area contributed by atoms with Gasteiger partial charge in [0, 0.05) is 25.2 Å². The number of rotatable bonds is 4. The van der Waals surface area contributed by atoms with Gasteiger partial charge in [0.2, 0.25) is 0 Å². The van der Waals surface area contributed by atoms with Crippen molar-refractivity contribution in [2.45, 2.75) is 32.9 Å². The Balaban J connectivity index is 1.67. The summed E-state index contributed by atoms with van der Waals surface area (Å²) in [6.45, 7) is 8.77. The number of piperazine rings is 1. The number of nitrogens with one attached hydrogen (secondary N) is 2. The second-order valence-electron chi connectivity index (χ2n) is 6.77. The molecular formula is C21H27N3O. The Hall–Kier alpha value is -2.33. The average Bonchev–Trinajstić information content (AvgIpc) is 2.65. The first-order valence-corrected chi connectivity index (χ1v) is 8.91. The van der Waals surface area contributed by atoms with Crippen molar-refractivity contribution in [3.05, 3.63) is 65.2 Å². The summed E-state index contributed by atoms with van der Waals surface area (Å²) in [5, 5.41) is 12.1. The van der Waals surface area contributed by atoms with Crippen LogP contribution in [0.5, 0.6) is 5.75 Å². The van der Waals surface area contributed by atoms with Gasteiger partial charge in [-0.25, -0.2) is 0 Å². The Morgan fingerprint density at radius 1 is 1.12 bits per heavy atom. The Bertz CT molecular complexity index is 709. The lowest BCUT2D eigenvalue weighted by atomic mass is 10.1. The van der Waals surface area contributed by atoms with Gasteiger partial charge in [0.05, 0.1) is 6.04 Å². The average molecular weight is 337 g/mol. The summed E-state index contributed by atoms with van der Waals surface area (Å²) in [7, 11) is 0. The van der Waals surface area contributed by atoms with Crippen LogP contribution in [0.4, 0.5) is 0 Å². The molecule has 0 amide bonds. The number of nitrogens with zero attached hydrogens (tertiary/aromatic N) is 1. The smallest absolute Gasteiger partial charge is 0.128 e. The highest BCUT2D eigenvalue weighted by Crippen LogP contribution is 2.24. The first-order chi connectivity index (χ1) is 12.1. The van der Waals surface area contributed by atoms with Crippen molar-refractivity contribution in [2.75, 3.05) is 19.6 Å². The van der Waals surface area contributed by atoms with E-state index in [9.17, 15) is 0 Å². The van der Waals surface area contributed by atoms with Gasteiger partial charge in [-0.1, -0.05) is 48.5 Å². The first-order valence-electron chi connectivity index (χ1n) is 8.91. The van der Waals surface area contributed by atoms with Gasteiger partial charge >= 0.3 is 0 Å². The Kier molecular flexibility index (Phi) is 5.39. The topological polar surface area (TPSA) is 48.4 Å². The third kappa shape index (κ3) is 4.02. The summed E-state index contributed by atoms with van der Waals surface area (Å²) in [5.74, 6) is 1.57. The highest BCUT2D eigenvalue weighted by Gasteiger charge is 2.27. The number of ether oxygens (including phenoxy) is 1. The zero-order chi connectivity index (χ0) is 17.8. The second kappa shape index (κ2) is 7.70. The van der Waals surface area contributed by atoms with Gasteiger partial charge in [0.25, 0.3) is 0 Å². The fraction of sp³-hybridized carbons (Fsp3) is 0.381. The van der Waals surface area contributed by atoms with Crippen LogP contribution < -0.4 is 10.1 Å². The number of benzene rings is 2. The highest BCUT2D eigenvalue weighted by molar-refractivity contribution is 5.96. The number of para-hydroxylation sites is 1. The molecule has 25 heavy (non-hydrogen) atoms. The molecule has 4 nitrogen and oxygen atoms in total. The van der Waals surface area contributed by atoms with E-state index in [1.165, 1.54) is 0 Å². The number of hydrogen-bond acceptors (Lipinski definition) is 3. The van der Waals surface area contributed by atoms with E-state index in [-0.39, 0.29) is 12.1 Å².